The van der Waals surface area contributed by atoms with Crippen molar-refractivity contribution in [3.05, 3.63) is 54.1 Å². The Hall–Kier alpha value is -2.58. The van der Waals surface area contributed by atoms with E-state index in [9.17, 15) is 8.42 Å². The van der Waals surface area contributed by atoms with E-state index in [4.69, 9.17) is 10.5 Å². The van der Waals surface area contributed by atoms with Gasteiger partial charge in [0.1, 0.15) is 5.75 Å². The Balaban J connectivity index is 1.95. The molecule has 0 atom stereocenters. The number of nitrogens with zero attached hydrogens (tertiary/aromatic N) is 1. The van der Waals surface area contributed by atoms with E-state index in [2.05, 4.69) is 15.0 Å². The van der Waals surface area contributed by atoms with Crippen LogP contribution in [0.15, 0.2) is 58.4 Å². The summed E-state index contributed by atoms with van der Waals surface area (Å²) in [7, 11) is -3.44. The maximum atomic E-state index is 11.9. The molecule has 2 aromatic rings. The van der Waals surface area contributed by atoms with Gasteiger partial charge in [-0.05, 0) is 55.8 Å². The van der Waals surface area contributed by atoms with Crippen molar-refractivity contribution in [3.8, 4) is 5.75 Å². The predicted octanol–water partition coefficient (Wildman–Crippen LogP) is 2.70. The highest BCUT2D eigenvalue weighted by Gasteiger charge is 2.11. The molecule has 146 valence electrons. The molecule has 0 radical (unpaired) electrons. The molecule has 0 heterocycles. The van der Waals surface area contributed by atoms with Crippen molar-refractivity contribution in [1.29, 1.82) is 0 Å². The number of aliphatic imine (C=N–C) groups is 1. The summed E-state index contributed by atoms with van der Waals surface area (Å²) >= 11 is 0. The molecule has 0 saturated heterocycles. The van der Waals surface area contributed by atoms with Crippen LogP contribution in [0.2, 0.25) is 0 Å². The summed E-state index contributed by atoms with van der Waals surface area (Å²) < 4.78 is 31.9. The molecular weight excluding hydrogens is 364 g/mol. The van der Waals surface area contributed by atoms with Crippen LogP contribution in [0.25, 0.3) is 0 Å². The fourth-order valence-corrected chi connectivity index (χ4v) is 3.34. The van der Waals surface area contributed by atoms with E-state index in [1.165, 1.54) is 0 Å². The van der Waals surface area contributed by atoms with Crippen LogP contribution in [-0.2, 0) is 16.6 Å². The molecule has 27 heavy (non-hydrogen) atoms. The molecule has 0 aliphatic carbocycles. The Morgan fingerprint density at radius 3 is 2.30 bits per heavy atom. The summed E-state index contributed by atoms with van der Waals surface area (Å²) in [4.78, 5) is 4.50. The summed E-state index contributed by atoms with van der Waals surface area (Å²) in [5, 5.41) is 3.01. The van der Waals surface area contributed by atoms with Crippen molar-refractivity contribution >= 4 is 21.7 Å². The van der Waals surface area contributed by atoms with Gasteiger partial charge < -0.3 is 15.8 Å². The normalized spacial score (nSPS) is 12.2. The minimum atomic E-state index is -3.44. The molecule has 7 nitrogen and oxygen atoms in total. The van der Waals surface area contributed by atoms with Crippen LogP contribution in [0.1, 0.15) is 26.3 Å². The van der Waals surface area contributed by atoms with Gasteiger partial charge in [-0.1, -0.05) is 19.1 Å². The maximum absolute atomic E-state index is 11.9. The smallest absolute Gasteiger partial charge is 0.240 e. The van der Waals surface area contributed by atoms with Crippen LogP contribution >= 0.6 is 0 Å². The first kappa shape index (κ1) is 20.7. The number of ether oxygens (including phenoxy) is 1. The highest BCUT2D eigenvalue weighted by Crippen LogP contribution is 2.17. The number of hydrogen-bond donors (Lipinski definition) is 3. The van der Waals surface area contributed by atoms with E-state index in [1.54, 1.807) is 31.2 Å². The molecule has 0 aromatic heterocycles. The van der Waals surface area contributed by atoms with E-state index >= 15 is 0 Å². The Morgan fingerprint density at radius 1 is 1.11 bits per heavy atom. The van der Waals surface area contributed by atoms with Crippen molar-refractivity contribution in [3.63, 3.8) is 0 Å². The van der Waals surface area contributed by atoms with Crippen molar-refractivity contribution in [2.24, 2.45) is 10.7 Å². The number of nitrogens with two attached hydrogens (primary N) is 1. The number of anilines is 1. The second kappa shape index (κ2) is 9.38. The Bertz CT molecular complexity index is 861. The lowest BCUT2D eigenvalue weighted by Gasteiger charge is -2.11. The quantitative estimate of drug-likeness (QED) is 0.475. The van der Waals surface area contributed by atoms with Gasteiger partial charge in [0.2, 0.25) is 10.0 Å². The standard InChI is InChI=1S/C19H26N4O3S/c1-4-22-27(24,25)18-11-5-15(6-12-18)13-21-19(20)23-16-7-9-17(10-8-16)26-14(2)3/h5-12,14,22H,4,13H2,1-3H3,(H3,20,21,23). The topological polar surface area (TPSA) is 106 Å². The zero-order valence-corrected chi connectivity index (χ0v) is 16.6. The van der Waals surface area contributed by atoms with E-state index in [0.29, 0.717) is 13.1 Å². The first-order valence-corrected chi connectivity index (χ1v) is 10.2. The first-order chi connectivity index (χ1) is 12.8. The Morgan fingerprint density at radius 2 is 1.74 bits per heavy atom. The lowest BCUT2D eigenvalue weighted by atomic mass is 10.2. The lowest BCUT2D eigenvalue weighted by molar-refractivity contribution is 0.242. The third-order valence-corrected chi connectivity index (χ3v) is 5.06. The van der Waals surface area contributed by atoms with E-state index in [0.717, 1.165) is 17.0 Å². The van der Waals surface area contributed by atoms with Crippen molar-refractivity contribution < 1.29 is 13.2 Å². The molecule has 0 unspecified atom stereocenters. The summed E-state index contributed by atoms with van der Waals surface area (Å²) in [6, 6.07) is 14.0. The minimum Gasteiger partial charge on any atom is -0.491 e. The number of rotatable bonds is 8. The fraction of sp³-hybridized carbons (Fsp3) is 0.316. The molecule has 0 aliphatic rings. The van der Waals surface area contributed by atoms with Gasteiger partial charge in [-0.2, -0.15) is 0 Å². The molecule has 4 N–H and O–H groups in total. The van der Waals surface area contributed by atoms with Gasteiger partial charge in [0.25, 0.3) is 0 Å². The molecule has 0 aliphatic heterocycles. The molecule has 2 rings (SSSR count). The van der Waals surface area contributed by atoms with Gasteiger partial charge in [-0.15, -0.1) is 0 Å². The first-order valence-electron chi connectivity index (χ1n) is 8.72. The number of nitrogens with one attached hydrogen (secondary N) is 2. The number of guanidine groups is 1. The molecule has 2 aromatic carbocycles. The van der Waals surface area contributed by atoms with Crippen LogP contribution in [0, 0.1) is 0 Å². The Labute approximate surface area is 160 Å². The second-order valence-corrected chi connectivity index (χ2v) is 7.93. The van der Waals surface area contributed by atoms with E-state index in [-0.39, 0.29) is 17.0 Å². The van der Waals surface area contributed by atoms with E-state index in [1.807, 2.05) is 38.1 Å². The van der Waals surface area contributed by atoms with E-state index < -0.39 is 10.0 Å². The molecule has 8 heteroatoms. The van der Waals surface area contributed by atoms with Gasteiger partial charge in [0.05, 0.1) is 17.5 Å². The average Bonchev–Trinajstić information content (AvgIpc) is 2.61. The molecule has 0 spiro atoms. The highest BCUT2D eigenvalue weighted by molar-refractivity contribution is 7.89. The summed E-state index contributed by atoms with van der Waals surface area (Å²) in [5.41, 5.74) is 7.58. The Kier molecular flexibility index (Phi) is 7.20. The van der Waals surface area contributed by atoms with Crippen LogP contribution in [-0.4, -0.2) is 27.0 Å². The SMILES string of the molecule is CCNS(=O)(=O)c1ccc(CN=C(N)Nc2ccc(OC(C)C)cc2)cc1. The monoisotopic (exact) mass is 390 g/mol. The fourth-order valence-electron chi connectivity index (χ4n) is 2.30. The number of sulfonamides is 1. The zero-order chi connectivity index (χ0) is 19.9. The zero-order valence-electron chi connectivity index (χ0n) is 15.8. The third-order valence-electron chi connectivity index (χ3n) is 3.50. The van der Waals surface area contributed by atoms with Gasteiger partial charge in [0, 0.05) is 12.2 Å². The largest absolute Gasteiger partial charge is 0.491 e. The molecular formula is C19H26N4O3S. The van der Waals surface area contributed by atoms with Crippen LogP contribution < -0.4 is 20.5 Å². The maximum Gasteiger partial charge on any atom is 0.240 e. The highest BCUT2D eigenvalue weighted by atomic mass is 32.2. The predicted molar refractivity (Wildman–Crippen MR) is 108 cm³/mol. The van der Waals surface area contributed by atoms with Crippen molar-refractivity contribution in [2.75, 3.05) is 11.9 Å². The lowest BCUT2D eigenvalue weighted by Crippen LogP contribution is -2.23. The van der Waals surface area contributed by atoms with Crippen LogP contribution in [0.3, 0.4) is 0 Å². The summed E-state index contributed by atoms with van der Waals surface area (Å²) in [5.74, 6) is 1.07. The van der Waals surface area contributed by atoms with Crippen LogP contribution in [0.4, 0.5) is 5.69 Å². The molecule has 0 amide bonds. The van der Waals surface area contributed by atoms with Gasteiger partial charge >= 0.3 is 0 Å². The number of hydrogen-bond acceptors (Lipinski definition) is 4. The average molecular weight is 391 g/mol. The second-order valence-electron chi connectivity index (χ2n) is 6.16. The molecule has 0 fully saturated rings. The van der Waals surface area contributed by atoms with Crippen molar-refractivity contribution in [1.82, 2.24) is 4.72 Å². The van der Waals surface area contributed by atoms with Crippen molar-refractivity contribution in [2.45, 2.75) is 38.3 Å². The summed E-state index contributed by atoms with van der Waals surface area (Å²) in [6.07, 6.45) is 0.120. The molecule has 0 saturated carbocycles. The van der Waals surface area contributed by atoms with Gasteiger partial charge in [-0.25, -0.2) is 18.1 Å². The minimum absolute atomic E-state index is 0.120. The van der Waals surface area contributed by atoms with Gasteiger partial charge in [0.15, 0.2) is 5.96 Å². The van der Waals surface area contributed by atoms with Crippen LogP contribution in [0.5, 0.6) is 5.75 Å². The number of benzene rings is 2. The van der Waals surface area contributed by atoms with Gasteiger partial charge in [-0.3, -0.25) is 0 Å². The summed E-state index contributed by atoms with van der Waals surface area (Å²) in [6.45, 7) is 6.37. The molecule has 0 bridgehead atoms. The third kappa shape index (κ3) is 6.58.